The molecule has 2 aromatic rings. The fraction of sp³-hybridized carbons (Fsp3) is 0.333. The van der Waals surface area contributed by atoms with Crippen molar-refractivity contribution in [3.8, 4) is 0 Å². The van der Waals surface area contributed by atoms with Crippen LogP contribution in [0.1, 0.15) is 18.2 Å². The van der Waals surface area contributed by atoms with E-state index in [1.165, 1.54) is 16.8 Å². The minimum atomic E-state index is -3.71. The molecule has 1 aromatic carbocycles. The van der Waals surface area contributed by atoms with E-state index in [0.717, 1.165) is 12.1 Å². The zero-order valence-corrected chi connectivity index (χ0v) is 12.3. The molecular weight excluding hydrogens is 321 g/mol. The van der Waals surface area contributed by atoms with E-state index in [0.29, 0.717) is 18.8 Å². The largest absolute Gasteiger partial charge is 0.343 e. The smallest absolute Gasteiger partial charge is 0.243 e. The monoisotopic (exact) mass is 331 g/mol. The van der Waals surface area contributed by atoms with Gasteiger partial charge in [-0.05, 0) is 24.6 Å². The number of benzene rings is 1. The van der Waals surface area contributed by atoms with Crippen molar-refractivity contribution in [3.05, 3.63) is 41.3 Å². The van der Waals surface area contributed by atoms with Crippen LogP contribution in [0.4, 0.5) is 4.39 Å². The molecule has 0 N–H and O–H groups in total. The summed E-state index contributed by atoms with van der Waals surface area (Å²) in [5, 5.41) is 3.52. The van der Waals surface area contributed by atoms with Crippen LogP contribution in [0.3, 0.4) is 0 Å². The first kappa shape index (κ1) is 14.4. The number of rotatable bonds is 3. The van der Waals surface area contributed by atoms with Crippen LogP contribution in [0.5, 0.6) is 0 Å². The van der Waals surface area contributed by atoms with Crippen molar-refractivity contribution < 1.29 is 17.3 Å². The van der Waals surface area contributed by atoms with Crippen molar-refractivity contribution in [1.29, 1.82) is 0 Å². The number of hydrogen-bond donors (Lipinski definition) is 0. The average molecular weight is 332 g/mol. The summed E-state index contributed by atoms with van der Waals surface area (Å²) in [5.74, 6) is -0.263. The van der Waals surface area contributed by atoms with E-state index in [1.807, 2.05) is 0 Å². The number of sulfonamides is 1. The van der Waals surface area contributed by atoms with Gasteiger partial charge in [0.1, 0.15) is 5.82 Å². The number of halogens is 2. The second-order valence-corrected chi connectivity index (χ2v) is 7.06. The maximum absolute atomic E-state index is 13.1. The van der Waals surface area contributed by atoms with E-state index in [4.69, 9.17) is 11.6 Å². The lowest BCUT2D eigenvalue weighted by atomic mass is 10.1. The highest BCUT2D eigenvalue weighted by Gasteiger charge is 2.35. The lowest BCUT2D eigenvalue weighted by molar-refractivity contribution is 0.403. The Hall–Kier alpha value is -1.51. The van der Waals surface area contributed by atoms with Crippen molar-refractivity contribution in [3.63, 3.8) is 0 Å². The summed E-state index contributed by atoms with van der Waals surface area (Å²) >= 11 is 5.65. The molecule has 1 fully saturated rings. The third-order valence-corrected chi connectivity index (χ3v) is 5.57. The number of hydrogen-bond acceptors (Lipinski definition) is 5. The molecule has 0 aliphatic carbocycles. The first-order valence-corrected chi connectivity index (χ1v) is 8.02. The van der Waals surface area contributed by atoms with Crippen molar-refractivity contribution >= 4 is 21.6 Å². The fourth-order valence-electron chi connectivity index (χ4n) is 2.30. The van der Waals surface area contributed by atoms with Gasteiger partial charge in [0.2, 0.25) is 16.4 Å². The van der Waals surface area contributed by atoms with Crippen molar-refractivity contribution in [1.82, 2.24) is 14.4 Å². The summed E-state index contributed by atoms with van der Waals surface area (Å²) in [6.45, 7) is 0.605. The standard InChI is InChI=1S/C12H11ClFN3O3S/c13-10-5-9(1-2-11(10)14)21(18,19)17-4-3-8(6-17)12-15-7-20-16-12/h1-2,5,7-8H,3-4,6H2. The topological polar surface area (TPSA) is 76.3 Å². The van der Waals surface area contributed by atoms with Crippen LogP contribution in [-0.2, 0) is 10.0 Å². The maximum Gasteiger partial charge on any atom is 0.243 e. The van der Waals surface area contributed by atoms with Crippen LogP contribution >= 0.6 is 11.6 Å². The van der Waals surface area contributed by atoms with Gasteiger partial charge in [-0.25, -0.2) is 12.8 Å². The predicted octanol–water partition coefficient (Wildman–Crippen LogP) is 2.04. The summed E-state index contributed by atoms with van der Waals surface area (Å²) in [4.78, 5) is 3.92. The third kappa shape index (κ3) is 2.66. The molecule has 3 rings (SSSR count). The normalized spacial score (nSPS) is 20.0. The molecule has 1 aromatic heterocycles. The SMILES string of the molecule is O=S(=O)(c1ccc(F)c(Cl)c1)N1CCC(c2ncon2)C1. The third-order valence-electron chi connectivity index (χ3n) is 3.42. The Balaban J connectivity index is 1.84. The van der Waals surface area contributed by atoms with E-state index in [1.54, 1.807) is 0 Å². The zero-order valence-electron chi connectivity index (χ0n) is 10.7. The highest BCUT2D eigenvalue weighted by Crippen LogP contribution is 2.30. The van der Waals surface area contributed by atoms with Crippen LogP contribution in [-0.4, -0.2) is 36.0 Å². The van der Waals surface area contributed by atoms with Gasteiger partial charge < -0.3 is 4.52 Å². The Bertz CT molecular complexity index is 751. The molecule has 1 unspecified atom stereocenters. The number of aromatic nitrogens is 2. The summed E-state index contributed by atoms with van der Waals surface area (Å²) in [5.41, 5.74) is 0. The molecule has 1 saturated heterocycles. The van der Waals surface area contributed by atoms with Crippen LogP contribution in [0.25, 0.3) is 0 Å². The summed E-state index contributed by atoms with van der Waals surface area (Å²) in [6, 6.07) is 3.37. The van der Waals surface area contributed by atoms with Gasteiger partial charge in [0.15, 0.2) is 5.82 Å². The molecule has 0 bridgehead atoms. The van der Waals surface area contributed by atoms with Crippen LogP contribution in [0, 0.1) is 5.82 Å². The van der Waals surface area contributed by atoms with E-state index >= 15 is 0 Å². The molecule has 0 amide bonds. The molecule has 21 heavy (non-hydrogen) atoms. The maximum atomic E-state index is 13.1. The van der Waals surface area contributed by atoms with Crippen molar-refractivity contribution in [2.75, 3.05) is 13.1 Å². The Morgan fingerprint density at radius 2 is 2.24 bits per heavy atom. The fourth-order valence-corrected chi connectivity index (χ4v) is 4.07. The molecule has 1 aliphatic rings. The van der Waals surface area contributed by atoms with Crippen LogP contribution in [0.2, 0.25) is 5.02 Å². The highest BCUT2D eigenvalue weighted by atomic mass is 35.5. The van der Waals surface area contributed by atoms with Gasteiger partial charge in [0.25, 0.3) is 0 Å². The van der Waals surface area contributed by atoms with Crippen molar-refractivity contribution in [2.24, 2.45) is 0 Å². The highest BCUT2D eigenvalue weighted by molar-refractivity contribution is 7.89. The molecule has 1 aliphatic heterocycles. The molecule has 2 heterocycles. The van der Waals surface area contributed by atoms with Crippen LogP contribution in [0.15, 0.2) is 34.0 Å². The summed E-state index contributed by atoms with van der Waals surface area (Å²) < 4.78 is 44.1. The summed E-state index contributed by atoms with van der Waals surface area (Å²) in [6.07, 6.45) is 1.82. The van der Waals surface area contributed by atoms with E-state index in [9.17, 15) is 12.8 Å². The van der Waals surface area contributed by atoms with Gasteiger partial charge >= 0.3 is 0 Å². The van der Waals surface area contributed by atoms with Gasteiger partial charge in [0.05, 0.1) is 9.92 Å². The van der Waals surface area contributed by atoms with Crippen LogP contribution < -0.4 is 0 Å². The van der Waals surface area contributed by atoms with E-state index in [-0.39, 0.29) is 22.4 Å². The lowest BCUT2D eigenvalue weighted by Gasteiger charge is -2.16. The quantitative estimate of drug-likeness (QED) is 0.860. The van der Waals surface area contributed by atoms with Gasteiger partial charge in [-0.3, -0.25) is 0 Å². The Morgan fingerprint density at radius 1 is 1.43 bits per heavy atom. The van der Waals surface area contributed by atoms with Gasteiger partial charge in [0, 0.05) is 19.0 Å². The molecule has 0 saturated carbocycles. The van der Waals surface area contributed by atoms with E-state index in [2.05, 4.69) is 14.7 Å². The first-order valence-electron chi connectivity index (χ1n) is 6.20. The lowest BCUT2D eigenvalue weighted by Crippen LogP contribution is -2.28. The van der Waals surface area contributed by atoms with Gasteiger partial charge in [-0.15, -0.1) is 0 Å². The molecule has 112 valence electrons. The second kappa shape index (κ2) is 5.36. The minimum Gasteiger partial charge on any atom is -0.343 e. The molecular formula is C12H11ClFN3O3S. The summed E-state index contributed by atoms with van der Waals surface area (Å²) in [7, 11) is -3.71. The number of nitrogens with zero attached hydrogens (tertiary/aromatic N) is 3. The molecule has 0 radical (unpaired) electrons. The van der Waals surface area contributed by atoms with Gasteiger partial charge in [-0.2, -0.15) is 9.29 Å². The zero-order chi connectivity index (χ0) is 15.0. The first-order chi connectivity index (χ1) is 9.98. The van der Waals surface area contributed by atoms with E-state index < -0.39 is 15.8 Å². The Morgan fingerprint density at radius 3 is 2.90 bits per heavy atom. The Labute approximate surface area is 125 Å². The van der Waals surface area contributed by atoms with Crippen molar-refractivity contribution in [2.45, 2.75) is 17.2 Å². The Kier molecular flexibility index (Phi) is 3.68. The molecule has 1 atom stereocenters. The molecule has 9 heteroatoms. The second-order valence-electron chi connectivity index (χ2n) is 4.71. The van der Waals surface area contributed by atoms with Gasteiger partial charge in [-0.1, -0.05) is 16.8 Å². The minimum absolute atomic E-state index is 0.0253. The molecule has 0 spiro atoms. The molecule has 6 nitrogen and oxygen atoms in total. The predicted molar refractivity (Wildman–Crippen MR) is 71.8 cm³/mol. The average Bonchev–Trinajstić information content (AvgIpc) is 3.11.